The molecule has 0 aliphatic heterocycles. The highest BCUT2D eigenvalue weighted by Crippen LogP contribution is 2.27. The van der Waals surface area contributed by atoms with E-state index in [9.17, 15) is 4.79 Å². The highest BCUT2D eigenvalue weighted by Gasteiger charge is 2.21. The van der Waals surface area contributed by atoms with E-state index in [4.69, 9.17) is 27.9 Å². The Hall–Kier alpha value is -1.89. The van der Waals surface area contributed by atoms with Crippen LogP contribution in [0.5, 0.6) is 0 Å². The van der Waals surface area contributed by atoms with Gasteiger partial charge in [0, 0.05) is 11.6 Å². The molecule has 0 radical (unpaired) electrons. The smallest absolute Gasteiger partial charge is 0.358 e. The number of likely N-dealkylation sites (N-methyl/N-ethyl adjacent to an activating group) is 1. The van der Waals surface area contributed by atoms with Gasteiger partial charge < -0.3 is 10.1 Å². The number of nitrogens with zero attached hydrogens (tertiary/aromatic N) is 3. The summed E-state index contributed by atoms with van der Waals surface area (Å²) in [5.41, 5.74) is 1.07. The van der Waals surface area contributed by atoms with Gasteiger partial charge in [-0.25, -0.2) is 14.8 Å². The maximum atomic E-state index is 12.0. The quantitative estimate of drug-likeness (QED) is 0.615. The number of hydrogen-bond donors (Lipinski definition) is 1. The predicted molar refractivity (Wildman–Crippen MR) is 109 cm³/mol. The summed E-state index contributed by atoms with van der Waals surface area (Å²) in [5.74, 6) is -0.258. The SMILES string of the molecule is CCOC(=O)c1nc(NC[C@H](c2ccccc2Cl)N(CC)CC)ncc1Cl. The summed E-state index contributed by atoms with van der Waals surface area (Å²) in [7, 11) is 0. The zero-order valence-corrected chi connectivity index (χ0v) is 17.2. The van der Waals surface area contributed by atoms with E-state index < -0.39 is 5.97 Å². The summed E-state index contributed by atoms with van der Waals surface area (Å²) in [5, 5.41) is 4.06. The van der Waals surface area contributed by atoms with Crippen molar-refractivity contribution in [3.8, 4) is 0 Å². The van der Waals surface area contributed by atoms with E-state index in [1.807, 2.05) is 24.3 Å². The largest absolute Gasteiger partial charge is 0.461 e. The summed E-state index contributed by atoms with van der Waals surface area (Å²) in [4.78, 5) is 22.6. The molecule has 1 aromatic heterocycles. The fourth-order valence-corrected chi connectivity index (χ4v) is 3.26. The van der Waals surface area contributed by atoms with Crippen LogP contribution in [0.15, 0.2) is 30.5 Å². The van der Waals surface area contributed by atoms with Gasteiger partial charge in [0.25, 0.3) is 0 Å². The van der Waals surface area contributed by atoms with Crippen molar-refractivity contribution in [1.82, 2.24) is 14.9 Å². The molecule has 1 N–H and O–H groups in total. The average Bonchev–Trinajstić information content (AvgIpc) is 2.67. The lowest BCUT2D eigenvalue weighted by atomic mass is 10.0. The van der Waals surface area contributed by atoms with Crippen molar-refractivity contribution < 1.29 is 9.53 Å². The summed E-state index contributed by atoms with van der Waals surface area (Å²) in [6, 6.07) is 7.80. The first-order valence-electron chi connectivity index (χ1n) is 8.93. The van der Waals surface area contributed by atoms with Crippen LogP contribution in [0, 0.1) is 0 Å². The van der Waals surface area contributed by atoms with Gasteiger partial charge in [-0.1, -0.05) is 55.2 Å². The first-order valence-corrected chi connectivity index (χ1v) is 9.69. The molecule has 2 rings (SSSR count). The fourth-order valence-electron chi connectivity index (χ4n) is 2.83. The van der Waals surface area contributed by atoms with E-state index in [-0.39, 0.29) is 23.4 Å². The van der Waals surface area contributed by atoms with Crippen LogP contribution in [-0.4, -0.2) is 47.1 Å². The van der Waals surface area contributed by atoms with E-state index in [1.165, 1.54) is 6.20 Å². The second kappa shape index (κ2) is 10.4. The van der Waals surface area contributed by atoms with Crippen LogP contribution >= 0.6 is 23.2 Å². The number of anilines is 1. The van der Waals surface area contributed by atoms with E-state index in [2.05, 4.69) is 34.0 Å². The van der Waals surface area contributed by atoms with Crippen molar-refractivity contribution >= 4 is 35.1 Å². The van der Waals surface area contributed by atoms with Crippen molar-refractivity contribution in [3.63, 3.8) is 0 Å². The molecule has 0 aliphatic carbocycles. The number of carbonyl (C=O) groups is 1. The molecule has 2 aromatic rings. The molecule has 0 saturated carbocycles. The van der Waals surface area contributed by atoms with Crippen LogP contribution in [0.25, 0.3) is 0 Å². The predicted octanol–water partition coefficient (Wildman–Crippen LogP) is 4.46. The minimum atomic E-state index is -0.570. The Balaban J connectivity index is 2.23. The van der Waals surface area contributed by atoms with Crippen LogP contribution < -0.4 is 5.32 Å². The minimum Gasteiger partial charge on any atom is -0.461 e. The van der Waals surface area contributed by atoms with Gasteiger partial charge in [-0.3, -0.25) is 4.90 Å². The minimum absolute atomic E-state index is 0.0269. The van der Waals surface area contributed by atoms with Crippen molar-refractivity contribution in [2.24, 2.45) is 0 Å². The molecule has 0 bridgehead atoms. The summed E-state index contributed by atoms with van der Waals surface area (Å²) < 4.78 is 4.98. The third-order valence-corrected chi connectivity index (χ3v) is 4.80. The number of aromatic nitrogens is 2. The number of ether oxygens (including phenoxy) is 1. The number of esters is 1. The van der Waals surface area contributed by atoms with Crippen molar-refractivity contribution in [2.75, 3.05) is 31.6 Å². The molecular formula is C19H24Cl2N4O2. The first kappa shape index (κ1) is 21.4. The maximum Gasteiger partial charge on any atom is 0.358 e. The van der Waals surface area contributed by atoms with Crippen LogP contribution in [0.4, 0.5) is 5.95 Å². The van der Waals surface area contributed by atoms with Gasteiger partial charge in [0.05, 0.1) is 23.9 Å². The number of carbonyl (C=O) groups excluding carboxylic acids is 1. The normalized spacial score (nSPS) is 12.1. The zero-order valence-electron chi connectivity index (χ0n) is 15.7. The van der Waals surface area contributed by atoms with Gasteiger partial charge in [0.2, 0.25) is 5.95 Å². The van der Waals surface area contributed by atoms with Crippen molar-refractivity contribution in [1.29, 1.82) is 0 Å². The lowest BCUT2D eigenvalue weighted by Crippen LogP contribution is -2.33. The molecule has 8 heteroatoms. The lowest BCUT2D eigenvalue weighted by molar-refractivity contribution is 0.0519. The summed E-state index contributed by atoms with van der Waals surface area (Å²) in [6.07, 6.45) is 1.39. The third kappa shape index (κ3) is 5.54. The highest BCUT2D eigenvalue weighted by molar-refractivity contribution is 6.33. The molecule has 6 nitrogen and oxygen atoms in total. The molecule has 0 spiro atoms. The molecule has 1 aromatic carbocycles. The maximum absolute atomic E-state index is 12.0. The monoisotopic (exact) mass is 410 g/mol. The Bertz CT molecular complexity index is 769. The van der Waals surface area contributed by atoms with Gasteiger partial charge >= 0.3 is 5.97 Å². The third-order valence-electron chi connectivity index (χ3n) is 4.18. The Labute approximate surface area is 169 Å². The highest BCUT2D eigenvalue weighted by atomic mass is 35.5. The summed E-state index contributed by atoms with van der Waals surface area (Å²) >= 11 is 12.4. The summed E-state index contributed by atoms with van der Waals surface area (Å²) in [6.45, 7) is 8.43. The Kier molecular flexibility index (Phi) is 8.28. The van der Waals surface area contributed by atoms with Crippen molar-refractivity contribution in [2.45, 2.75) is 26.8 Å². The number of benzene rings is 1. The van der Waals surface area contributed by atoms with E-state index in [1.54, 1.807) is 6.92 Å². The van der Waals surface area contributed by atoms with Gasteiger partial charge in [-0.15, -0.1) is 0 Å². The zero-order chi connectivity index (χ0) is 19.8. The Morgan fingerprint density at radius 1 is 1.19 bits per heavy atom. The van der Waals surface area contributed by atoms with Crippen LogP contribution in [0.3, 0.4) is 0 Å². The van der Waals surface area contributed by atoms with E-state index in [0.29, 0.717) is 17.5 Å². The van der Waals surface area contributed by atoms with E-state index in [0.717, 1.165) is 18.7 Å². The number of nitrogens with one attached hydrogen (secondary N) is 1. The number of rotatable bonds is 9. The molecule has 0 unspecified atom stereocenters. The van der Waals surface area contributed by atoms with Crippen LogP contribution in [0.1, 0.15) is 42.9 Å². The van der Waals surface area contributed by atoms with Gasteiger partial charge in [-0.05, 0) is 31.6 Å². The van der Waals surface area contributed by atoms with E-state index >= 15 is 0 Å². The number of hydrogen-bond acceptors (Lipinski definition) is 6. The van der Waals surface area contributed by atoms with Crippen LogP contribution in [0.2, 0.25) is 10.0 Å². The fraction of sp³-hybridized carbons (Fsp3) is 0.421. The standard InChI is InChI=1S/C19H24Cl2N4O2/c1-4-25(5-2)16(13-9-7-8-10-14(13)20)12-23-19-22-11-15(21)17(24-19)18(26)27-6-3/h7-11,16H,4-6,12H2,1-3H3,(H,22,23,24)/t16-/m1/s1. The average molecular weight is 411 g/mol. The van der Waals surface area contributed by atoms with Gasteiger partial charge in [-0.2, -0.15) is 0 Å². The Morgan fingerprint density at radius 3 is 2.52 bits per heavy atom. The molecular weight excluding hydrogens is 387 g/mol. The second-order valence-corrected chi connectivity index (χ2v) is 6.56. The molecule has 0 fully saturated rings. The molecule has 0 saturated heterocycles. The lowest BCUT2D eigenvalue weighted by Gasteiger charge is -2.31. The van der Waals surface area contributed by atoms with Crippen molar-refractivity contribution in [3.05, 3.63) is 51.8 Å². The molecule has 0 amide bonds. The topological polar surface area (TPSA) is 67.3 Å². The first-order chi connectivity index (χ1) is 13.0. The molecule has 146 valence electrons. The molecule has 0 aliphatic rings. The Morgan fingerprint density at radius 2 is 1.89 bits per heavy atom. The molecule has 1 atom stereocenters. The van der Waals surface area contributed by atoms with Crippen LogP contribution in [-0.2, 0) is 4.74 Å². The second-order valence-electron chi connectivity index (χ2n) is 5.75. The molecule has 1 heterocycles. The number of halogens is 2. The van der Waals surface area contributed by atoms with Gasteiger partial charge in [0.15, 0.2) is 5.69 Å². The molecule has 27 heavy (non-hydrogen) atoms. The van der Waals surface area contributed by atoms with Gasteiger partial charge in [0.1, 0.15) is 0 Å².